The Morgan fingerprint density at radius 3 is 2.88 bits per heavy atom. The molecule has 0 aliphatic carbocycles. The normalized spacial score (nSPS) is 18.1. The summed E-state index contributed by atoms with van der Waals surface area (Å²) in [5, 5.41) is 5.92. The quantitative estimate of drug-likeness (QED) is 0.816. The van der Waals surface area contributed by atoms with Crippen LogP contribution in [-0.2, 0) is 11.2 Å². The predicted octanol–water partition coefficient (Wildman–Crippen LogP) is 2.97. The molecule has 2 aromatic carbocycles. The van der Waals surface area contributed by atoms with Crippen LogP contribution in [0.3, 0.4) is 0 Å². The number of aryl methyl sites for hydroxylation is 1. The van der Waals surface area contributed by atoms with Crippen molar-refractivity contribution in [3.8, 4) is 0 Å². The van der Waals surface area contributed by atoms with E-state index in [9.17, 15) is 9.59 Å². The molecule has 0 saturated carbocycles. The van der Waals surface area contributed by atoms with Crippen LogP contribution in [0, 0.1) is 0 Å². The number of amides is 2. The number of anilines is 2. The van der Waals surface area contributed by atoms with Gasteiger partial charge in [0, 0.05) is 18.7 Å². The topological polar surface area (TPSA) is 61.4 Å². The zero-order chi connectivity index (χ0) is 17.9. The van der Waals surface area contributed by atoms with Gasteiger partial charge in [0.1, 0.15) is 6.04 Å². The zero-order valence-corrected chi connectivity index (χ0v) is 14.7. The molecule has 0 spiro atoms. The second-order valence-corrected chi connectivity index (χ2v) is 6.92. The van der Waals surface area contributed by atoms with E-state index >= 15 is 0 Å². The lowest BCUT2D eigenvalue weighted by atomic mass is 10.1. The van der Waals surface area contributed by atoms with Gasteiger partial charge in [-0.15, -0.1) is 0 Å². The van der Waals surface area contributed by atoms with Crippen LogP contribution in [0.15, 0.2) is 48.5 Å². The van der Waals surface area contributed by atoms with Gasteiger partial charge >= 0.3 is 0 Å². The molecule has 5 nitrogen and oxygen atoms in total. The molecule has 1 unspecified atom stereocenters. The summed E-state index contributed by atoms with van der Waals surface area (Å²) in [7, 11) is 0. The number of carbonyl (C=O) groups excluding carboxylic acids is 2. The third-order valence-electron chi connectivity index (χ3n) is 5.15. The van der Waals surface area contributed by atoms with E-state index in [1.165, 1.54) is 5.56 Å². The lowest BCUT2D eigenvalue weighted by molar-refractivity contribution is -0.117. The van der Waals surface area contributed by atoms with Crippen molar-refractivity contribution in [3.05, 3.63) is 59.7 Å². The van der Waals surface area contributed by atoms with Crippen molar-refractivity contribution in [1.29, 1.82) is 0 Å². The van der Waals surface area contributed by atoms with Crippen LogP contribution in [0.2, 0.25) is 0 Å². The van der Waals surface area contributed by atoms with Crippen LogP contribution in [-0.4, -0.2) is 30.9 Å². The average Bonchev–Trinajstić information content (AvgIpc) is 3.16. The maximum Gasteiger partial charge on any atom is 0.251 e. The smallest absolute Gasteiger partial charge is 0.251 e. The van der Waals surface area contributed by atoms with Crippen molar-refractivity contribution in [2.75, 3.05) is 23.3 Å². The van der Waals surface area contributed by atoms with E-state index < -0.39 is 0 Å². The maximum absolute atomic E-state index is 12.4. The molecule has 134 valence electrons. The molecule has 5 heteroatoms. The van der Waals surface area contributed by atoms with E-state index in [1.54, 1.807) is 6.07 Å². The van der Waals surface area contributed by atoms with E-state index in [-0.39, 0.29) is 17.9 Å². The number of nitrogens with zero attached hydrogens (tertiary/aromatic N) is 1. The summed E-state index contributed by atoms with van der Waals surface area (Å²) in [6.07, 6.45) is 3.76. The summed E-state index contributed by atoms with van der Waals surface area (Å²) in [4.78, 5) is 26.8. The van der Waals surface area contributed by atoms with Crippen molar-refractivity contribution >= 4 is 23.2 Å². The van der Waals surface area contributed by atoms with E-state index in [0.717, 1.165) is 43.6 Å². The van der Waals surface area contributed by atoms with Gasteiger partial charge in [0.2, 0.25) is 5.91 Å². The second kappa shape index (κ2) is 7.20. The van der Waals surface area contributed by atoms with Crippen molar-refractivity contribution < 1.29 is 9.59 Å². The largest absolute Gasteiger partial charge is 0.358 e. The SMILES string of the molecule is O=C(NCCCc1ccccc1)c1ccc2c(c1)NC(=O)C1CCCN21. The Labute approximate surface area is 153 Å². The first-order valence-electron chi connectivity index (χ1n) is 9.26. The van der Waals surface area contributed by atoms with Crippen molar-refractivity contribution in [2.24, 2.45) is 0 Å². The van der Waals surface area contributed by atoms with Crippen LogP contribution < -0.4 is 15.5 Å². The molecule has 2 aliphatic heterocycles. The van der Waals surface area contributed by atoms with Gasteiger partial charge in [-0.2, -0.15) is 0 Å². The minimum Gasteiger partial charge on any atom is -0.358 e. The van der Waals surface area contributed by atoms with Gasteiger partial charge in [-0.05, 0) is 49.4 Å². The monoisotopic (exact) mass is 349 g/mol. The number of benzene rings is 2. The Morgan fingerprint density at radius 1 is 1.19 bits per heavy atom. The molecule has 0 radical (unpaired) electrons. The van der Waals surface area contributed by atoms with Crippen LogP contribution in [0.1, 0.15) is 35.2 Å². The van der Waals surface area contributed by atoms with Crippen LogP contribution >= 0.6 is 0 Å². The number of rotatable bonds is 5. The van der Waals surface area contributed by atoms with E-state index in [1.807, 2.05) is 30.3 Å². The van der Waals surface area contributed by atoms with E-state index in [0.29, 0.717) is 12.1 Å². The summed E-state index contributed by atoms with van der Waals surface area (Å²) >= 11 is 0. The summed E-state index contributed by atoms with van der Waals surface area (Å²) in [5.74, 6) is -0.0610. The van der Waals surface area contributed by atoms with E-state index in [4.69, 9.17) is 0 Å². The third kappa shape index (κ3) is 3.29. The Bertz CT molecular complexity index is 819. The minimum absolute atomic E-state index is 0.0374. The van der Waals surface area contributed by atoms with Crippen molar-refractivity contribution in [1.82, 2.24) is 5.32 Å². The molecule has 2 aliphatic rings. The third-order valence-corrected chi connectivity index (χ3v) is 5.15. The fourth-order valence-electron chi connectivity index (χ4n) is 3.81. The molecular formula is C21H23N3O2. The van der Waals surface area contributed by atoms with Gasteiger partial charge in [-0.3, -0.25) is 9.59 Å². The molecule has 26 heavy (non-hydrogen) atoms. The number of hydrogen-bond acceptors (Lipinski definition) is 3. The molecule has 2 aromatic rings. The first-order valence-corrected chi connectivity index (χ1v) is 9.26. The lowest BCUT2D eigenvalue weighted by Gasteiger charge is -2.33. The summed E-state index contributed by atoms with van der Waals surface area (Å²) in [6.45, 7) is 1.53. The molecule has 4 rings (SSSR count). The number of fused-ring (bicyclic) bond motifs is 3. The lowest BCUT2D eigenvalue weighted by Crippen LogP contribution is -2.44. The van der Waals surface area contributed by atoms with Gasteiger partial charge in [0.25, 0.3) is 5.91 Å². The van der Waals surface area contributed by atoms with Crippen LogP contribution in [0.4, 0.5) is 11.4 Å². The Morgan fingerprint density at radius 2 is 2.04 bits per heavy atom. The molecule has 1 saturated heterocycles. The van der Waals surface area contributed by atoms with Gasteiger partial charge in [0.05, 0.1) is 11.4 Å². The fourth-order valence-corrected chi connectivity index (χ4v) is 3.81. The van der Waals surface area contributed by atoms with Gasteiger partial charge < -0.3 is 15.5 Å². The van der Waals surface area contributed by atoms with Crippen molar-refractivity contribution in [2.45, 2.75) is 31.7 Å². The molecule has 0 aromatic heterocycles. The highest BCUT2D eigenvalue weighted by Gasteiger charge is 2.36. The second-order valence-electron chi connectivity index (χ2n) is 6.92. The number of carbonyl (C=O) groups is 2. The fraction of sp³-hybridized carbons (Fsp3) is 0.333. The number of hydrogen-bond donors (Lipinski definition) is 2. The highest BCUT2D eigenvalue weighted by atomic mass is 16.2. The highest BCUT2D eigenvalue weighted by molar-refractivity contribution is 6.06. The average molecular weight is 349 g/mol. The summed E-state index contributed by atoms with van der Waals surface area (Å²) in [6, 6.07) is 15.8. The highest BCUT2D eigenvalue weighted by Crippen LogP contribution is 2.37. The summed E-state index contributed by atoms with van der Waals surface area (Å²) < 4.78 is 0. The van der Waals surface area contributed by atoms with Gasteiger partial charge in [0.15, 0.2) is 0 Å². The van der Waals surface area contributed by atoms with E-state index in [2.05, 4.69) is 27.7 Å². The molecule has 2 N–H and O–H groups in total. The molecular weight excluding hydrogens is 326 g/mol. The minimum atomic E-state index is -0.0985. The van der Waals surface area contributed by atoms with Crippen LogP contribution in [0.5, 0.6) is 0 Å². The molecule has 1 fully saturated rings. The Hall–Kier alpha value is -2.82. The summed E-state index contributed by atoms with van der Waals surface area (Å²) in [5.41, 5.74) is 3.62. The first-order chi connectivity index (χ1) is 12.7. The predicted molar refractivity (Wildman–Crippen MR) is 103 cm³/mol. The van der Waals surface area contributed by atoms with Gasteiger partial charge in [-0.25, -0.2) is 0 Å². The molecule has 2 amide bonds. The van der Waals surface area contributed by atoms with Crippen LogP contribution in [0.25, 0.3) is 0 Å². The van der Waals surface area contributed by atoms with Gasteiger partial charge in [-0.1, -0.05) is 30.3 Å². The Kier molecular flexibility index (Phi) is 4.61. The van der Waals surface area contributed by atoms with Crippen molar-refractivity contribution in [3.63, 3.8) is 0 Å². The molecule has 2 heterocycles. The standard InChI is InChI=1S/C21H23N3O2/c25-20(22-12-4-8-15-6-2-1-3-7-15)16-10-11-18-17(14-16)23-21(26)19-9-5-13-24(18)19/h1-3,6-7,10-11,14,19H,4-5,8-9,12-13H2,(H,22,25)(H,23,26). The molecule has 0 bridgehead atoms. The number of nitrogens with one attached hydrogen (secondary N) is 2. The zero-order valence-electron chi connectivity index (χ0n) is 14.7. The maximum atomic E-state index is 12.4. The molecule has 1 atom stereocenters. The first kappa shape index (κ1) is 16.6. The Balaban J connectivity index is 1.37.